The van der Waals surface area contributed by atoms with Crippen molar-refractivity contribution in [1.29, 1.82) is 0 Å². The molecule has 20 aromatic carbocycles. The first kappa shape index (κ1) is 72.3. The van der Waals surface area contributed by atoms with E-state index in [1.165, 1.54) is 98.2 Å². The maximum atomic E-state index is 6.77. The van der Waals surface area contributed by atoms with Crippen LogP contribution in [0, 0.1) is 0 Å². The van der Waals surface area contributed by atoms with Gasteiger partial charge in [-0.3, -0.25) is 0 Å². The average Bonchev–Trinajstić information content (AvgIpc) is 1.55. The Morgan fingerprint density at radius 1 is 0.162 bits per heavy atom. The minimum absolute atomic E-state index is 0.134. The van der Waals surface area contributed by atoms with Crippen LogP contribution in [0.4, 0.5) is 0 Å². The number of furan rings is 2. The largest absolute Gasteiger partial charge is 0.456 e. The van der Waals surface area contributed by atoms with Crippen LogP contribution < -0.4 is 0 Å². The van der Waals surface area contributed by atoms with Crippen molar-refractivity contribution in [3.8, 4) is 106 Å². The first-order valence-electron chi connectivity index (χ1n) is 44.9. The van der Waals surface area contributed by atoms with Gasteiger partial charge >= 0.3 is 0 Å². The van der Waals surface area contributed by atoms with E-state index in [0.717, 1.165) is 172 Å². The minimum Gasteiger partial charge on any atom is -0.456 e. The molecule has 28 rings (SSSR count). The standard InChI is InChI=1S/C123H77N5O2/c1-123(2)105-34-16-12-28-91(105)96-73-116-102(72-106(96)123)101-70-83(49-61-114(101)127(116)86-26-10-5-11-27-86)90-33-21-39-120-122(90)103-67-79(50-62-117(103)130-120)76-45-57-110-97(64-76)93-30-14-19-37-109(93)126(110)87-52-40-74(41-53-87)75-42-54-88(55-43-75)128-107-35-17-13-29-92(107)95-56-44-81(71-115(95)128)78-47-59-113-100(66-78)99-65-77(46-58-112(99)125(113)85-24-8-4-9-25-85)80-51-63-118-104(68-80)121-89(32-20-38-119(121)129-118)82-48-60-111-98(69-82)94-31-15-18-36-108(94)124(111)84-22-6-3-7-23-84/h3-73H,1-2H3. The summed E-state index contributed by atoms with van der Waals surface area (Å²) in [6.07, 6.45) is 0. The molecular formula is C123H77N5O2. The lowest BCUT2D eigenvalue weighted by molar-refractivity contribution is 0.661. The van der Waals surface area contributed by atoms with Gasteiger partial charge in [0.15, 0.2) is 0 Å². The summed E-state index contributed by atoms with van der Waals surface area (Å²) >= 11 is 0. The van der Waals surface area contributed by atoms with E-state index < -0.39 is 0 Å². The smallest absolute Gasteiger partial charge is 0.136 e. The van der Waals surface area contributed by atoms with Crippen LogP contribution in [0.2, 0.25) is 0 Å². The van der Waals surface area contributed by atoms with Gasteiger partial charge in [-0.2, -0.15) is 0 Å². The summed E-state index contributed by atoms with van der Waals surface area (Å²) in [5.74, 6) is 0. The zero-order chi connectivity index (χ0) is 85.3. The van der Waals surface area contributed by atoms with E-state index in [9.17, 15) is 0 Å². The summed E-state index contributed by atoms with van der Waals surface area (Å²) in [4.78, 5) is 0. The van der Waals surface area contributed by atoms with Crippen molar-refractivity contribution in [3.63, 3.8) is 0 Å². The van der Waals surface area contributed by atoms with Crippen molar-refractivity contribution < 1.29 is 8.83 Å². The van der Waals surface area contributed by atoms with Crippen LogP contribution in [0.25, 0.3) is 259 Å². The fourth-order valence-corrected chi connectivity index (χ4v) is 22.4. The predicted octanol–water partition coefficient (Wildman–Crippen LogP) is 33.3. The highest BCUT2D eigenvalue weighted by atomic mass is 16.3. The van der Waals surface area contributed by atoms with Crippen molar-refractivity contribution in [1.82, 2.24) is 22.8 Å². The zero-order valence-electron chi connectivity index (χ0n) is 71.0. The molecule has 27 aromatic rings. The van der Waals surface area contributed by atoms with Gasteiger partial charge in [0.25, 0.3) is 0 Å². The zero-order valence-corrected chi connectivity index (χ0v) is 71.0. The summed E-state index contributed by atoms with van der Waals surface area (Å²) in [5.41, 5.74) is 39.8. The Hall–Kier alpha value is -17.0. The summed E-state index contributed by atoms with van der Waals surface area (Å²) in [7, 11) is 0. The van der Waals surface area contributed by atoms with E-state index in [4.69, 9.17) is 8.83 Å². The molecule has 1 aliphatic rings. The lowest BCUT2D eigenvalue weighted by atomic mass is 9.82. The number of aromatic nitrogens is 5. The molecule has 0 atom stereocenters. The molecule has 0 radical (unpaired) electrons. The molecule has 7 heterocycles. The van der Waals surface area contributed by atoms with Gasteiger partial charge in [-0.05, 0) is 283 Å². The highest BCUT2D eigenvalue weighted by Gasteiger charge is 2.37. The van der Waals surface area contributed by atoms with Gasteiger partial charge < -0.3 is 31.7 Å². The number of hydrogen-bond donors (Lipinski definition) is 0. The topological polar surface area (TPSA) is 50.9 Å². The molecule has 7 heteroatoms. The van der Waals surface area contributed by atoms with Gasteiger partial charge in [-0.15, -0.1) is 0 Å². The molecular weight excluding hydrogens is 1580 g/mol. The molecule has 0 amide bonds. The minimum atomic E-state index is -0.134. The van der Waals surface area contributed by atoms with Gasteiger partial charge in [-0.25, -0.2) is 0 Å². The average molecular weight is 1660 g/mol. The molecule has 0 saturated carbocycles. The second-order valence-corrected chi connectivity index (χ2v) is 35.8. The second-order valence-electron chi connectivity index (χ2n) is 35.8. The van der Waals surface area contributed by atoms with E-state index in [0.29, 0.717) is 0 Å². The third-order valence-electron chi connectivity index (χ3n) is 28.5. The highest BCUT2D eigenvalue weighted by Crippen LogP contribution is 2.53. The molecule has 0 spiro atoms. The fraction of sp³-hybridized carbons (Fsp3) is 0.0244. The first-order valence-corrected chi connectivity index (χ1v) is 44.9. The van der Waals surface area contributed by atoms with Crippen LogP contribution in [0.15, 0.2) is 440 Å². The monoisotopic (exact) mass is 1660 g/mol. The molecule has 0 saturated heterocycles. The van der Waals surface area contributed by atoms with Gasteiger partial charge in [0, 0.05) is 109 Å². The third kappa shape index (κ3) is 10.7. The number of para-hydroxylation sites is 6. The van der Waals surface area contributed by atoms with Gasteiger partial charge in [0.2, 0.25) is 0 Å². The van der Waals surface area contributed by atoms with Gasteiger partial charge in [0.05, 0.1) is 55.2 Å². The van der Waals surface area contributed by atoms with Crippen LogP contribution in [0.3, 0.4) is 0 Å². The Morgan fingerprint density at radius 3 is 0.900 bits per heavy atom. The molecule has 130 heavy (non-hydrogen) atoms. The molecule has 0 unspecified atom stereocenters. The van der Waals surface area contributed by atoms with Crippen LogP contribution >= 0.6 is 0 Å². The molecule has 0 N–H and O–H groups in total. The van der Waals surface area contributed by atoms with Crippen molar-refractivity contribution in [3.05, 3.63) is 442 Å². The summed E-state index contributed by atoms with van der Waals surface area (Å²) in [6, 6.07) is 159. The normalized spacial score (nSPS) is 12.8. The van der Waals surface area contributed by atoms with Crippen molar-refractivity contribution in [2.75, 3.05) is 0 Å². The quantitative estimate of drug-likeness (QED) is 0.130. The second kappa shape index (κ2) is 27.5. The molecule has 7 nitrogen and oxygen atoms in total. The highest BCUT2D eigenvalue weighted by molar-refractivity contribution is 6.21. The SMILES string of the molecule is CC1(C)c2ccccc2-c2cc3c(cc21)c1cc(-c2cccc4oc5ccc(-c6ccc7c(c6)c6ccccc6n7-c6ccc(-c7ccc(-n8c9ccccc9c9ccc(-c%10ccc%11c(c%10)c%10cc(-c%12ccc%13oc%14cccc(-c%15ccc%16c(c%15)c%15ccccc%15n%16-c%15ccccc%15)c%14c%13c%12)ccc%10n%11-c%10ccccc%10)cc98)cc7)cc6)cc5c24)ccc1n3-c1ccccc1. The van der Waals surface area contributed by atoms with Crippen LogP contribution in [-0.2, 0) is 5.41 Å². The molecule has 7 aromatic heterocycles. The van der Waals surface area contributed by atoms with E-state index in [-0.39, 0.29) is 5.41 Å². The van der Waals surface area contributed by atoms with E-state index >= 15 is 0 Å². The van der Waals surface area contributed by atoms with E-state index in [1.807, 2.05) is 0 Å². The van der Waals surface area contributed by atoms with Gasteiger partial charge in [-0.1, -0.05) is 250 Å². The Kier molecular flexibility index (Phi) is 15.3. The Morgan fingerprint density at radius 2 is 0.454 bits per heavy atom. The van der Waals surface area contributed by atoms with E-state index in [1.54, 1.807) is 0 Å². The van der Waals surface area contributed by atoms with Crippen LogP contribution in [-0.4, -0.2) is 22.8 Å². The Bertz CT molecular complexity index is 9500. The third-order valence-corrected chi connectivity index (χ3v) is 28.5. The summed E-state index contributed by atoms with van der Waals surface area (Å²) in [6.45, 7) is 4.75. The van der Waals surface area contributed by atoms with Crippen molar-refractivity contribution >= 4 is 153 Å². The molecule has 0 aliphatic heterocycles. The Labute approximate surface area is 746 Å². The fourth-order valence-electron chi connectivity index (χ4n) is 22.4. The molecule has 0 bridgehead atoms. The van der Waals surface area contributed by atoms with Crippen molar-refractivity contribution in [2.45, 2.75) is 19.3 Å². The lowest BCUT2D eigenvalue weighted by Crippen LogP contribution is -2.14. The number of rotatable bonds is 11. The van der Waals surface area contributed by atoms with Crippen LogP contribution in [0.5, 0.6) is 0 Å². The van der Waals surface area contributed by atoms with E-state index in [2.05, 4.69) is 467 Å². The number of benzene rings is 20. The Balaban J connectivity index is 0.492. The van der Waals surface area contributed by atoms with Gasteiger partial charge in [0.1, 0.15) is 22.3 Å². The first-order chi connectivity index (χ1) is 64.2. The van der Waals surface area contributed by atoms with Crippen LogP contribution in [0.1, 0.15) is 25.0 Å². The summed E-state index contributed by atoms with van der Waals surface area (Å²) < 4.78 is 25.6. The molecule has 606 valence electrons. The maximum absolute atomic E-state index is 6.77. The lowest BCUT2D eigenvalue weighted by Gasteiger charge is -2.21. The number of nitrogens with zero attached hydrogens (tertiary/aromatic N) is 5. The maximum Gasteiger partial charge on any atom is 0.136 e. The predicted molar refractivity (Wildman–Crippen MR) is 543 cm³/mol. The molecule has 1 aliphatic carbocycles. The molecule has 0 fully saturated rings. The summed E-state index contributed by atoms with van der Waals surface area (Å²) in [5, 5.41) is 16.5. The number of fused-ring (bicyclic) bond motifs is 24. The van der Waals surface area contributed by atoms with Crippen molar-refractivity contribution in [2.24, 2.45) is 0 Å². The number of hydrogen-bond acceptors (Lipinski definition) is 2.